The van der Waals surface area contributed by atoms with E-state index in [1.165, 1.54) is 0 Å². The molecular weight excluding hydrogens is 290 g/mol. The molecule has 0 spiro atoms. The largest absolute Gasteiger partial charge is 0.428 e. The summed E-state index contributed by atoms with van der Waals surface area (Å²) < 4.78 is 13.0. The highest BCUT2D eigenvalue weighted by atomic mass is 35.5. The van der Waals surface area contributed by atoms with Crippen LogP contribution in [-0.2, 0) is 11.2 Å². The molecule has 1 saturated heterocycles. The van der Waals surface area contributed by atoms with Gasteiger partial charge in [-0.25, -0.2) is 14.5 Å². The number of furan rings is 1. The van der Waals surface area contributed by atoms with Crippen LogP contribution < -0.4 is 0 Å². The molecule has 1 fully saturated rings. The smallest absolute Gasteiger partial charge is 0.208 e. The van der Waals surface area contributed by atoms with Crippen LogP contribution in [0.2, 0.25) is 5.22 Å². The molecule has 21 heavy (non-hydrogen) atoms. The minimum absolute atomic E-state index is 0.359. The van der Waals surface area contributed by atoms with Crippen molar-refractivity contribution in [1.29, 1.82) is 0 Å². The molecule has 4 rings (SSSR count). The van der Waals surface area contributed by atoms with Gasteiger partial charge in [0.1, 0.15) is 11.3 Å². The standard InChI is InChI=1S/C15H14ClN3O2/c16-12-3-4-14(21-12)19-13(8-10-5-7-20-9-10)18-11-2-1-6-17-15(11)19/h1-4,6,10H,5,7-9H2. The SMILES string of the molecule is Clc1ccc(-n2c(CC3CCOC3)nc3cccnc32)o1. The van der Waals surface area contributed by atoms with Gasteiger partial charge in [0.2, 0.25) is 5.88 Å². The number of imidazole rings is 1. The van der Waals surface area contributed by atoms with E-state index in [1.54, 1.807) is 12.3 Å². The molecule has 1 atom stereocenters. The zero-order chi connectivity index (χ0) is 14.2. The summed E-state index contributed by atoms with van der Waals surface area (Å²) in [5.41, 5.74) is 1.65. The van der Waals surface area contributed by atoms with E-state index in [4.69, 9.17) is 25.7 Å². The average molecular weight is 304 g/mol. The minimum atomic E-state index is 0.359. The van der Waals surface area contributed by atoms with E-state index >= 15 is 0 Å². The molecule has 5 nitrogen and oxygen atoms in total. The summed E-state index contributed by atoms with van der Waals surface area (Å²) >= 11 is 5.91. The fraction of sp³-hybridized carbons (Fsp3) is 0.333. The normalized spacial score (nSPS) is 18.6. The van der Waals surface area contributed by atoms with Crippen LogP contribution in [0.5, 0.6) is 0 Å². The third-order valence-corrected chi connectivity index (χ3v) is 3.96. The minimum Gasteiger partial charge on any atom is -0.428 e. The summed E-state index contributed by atoms with van der Waals surface area (Å²) in [4.78, 5) is 9.13. The van der Waals surface area contributed by atoms with Gasteiger partial charge < -0.3 is 9.15 Å². The first-order valence-corrected chi connectivity index (χ1v) is 7.35. The van der Waals surface area contributed by atoms with Gasteiger partial charge in [-0.05, 0) is 42.1 Å². The molecule has 0 radical (unpaired) electrons. The molecule has 3 aromatic heterocycles. The highest BCUT2D eigenvalue weighted by molar-refractivity contribution is 6.28. The van der Waals surface area contributed by atoms with Gasteiger partial charge in [0, 0.05) is 31.9 Å². The van der Waals surface area contributed by atoms with Gasteiger partial charge in [0.25, 0.3) is 0 Å². The van der Waals surface area contributed by atoms with Gasteiger partial charge in [0.05, 0.1) is 0 Å². The first kappa shape index (κ1) is 12.9. The molecule has 0 N–H and O–H groups in total. The second-order valence-electron chi connectivity index (χ2n) is 5.22. The maximum atomic E-state index is 5.91. The molecule has 0 amide bonds. The number of ether oxygens (including phenoxy) is 1. The van der Waals surface area contributed by atoms with E-state index in [0.29, 0.717) is 17.0 Å². The van der Waals surface area contributed by atoms with Gasteiger partial charge >= 0.3 is 0 Å². The summed E-state index contributed by atoms with van der Waals surface area (Å²) in [5, 5.41) is 0.359. The molecule has 1 aliphatic rings. The monoisotopic (exact) mass is 303 g/mol. The van der Waals surface area contributed by atoms with Crippen LogP contribution >= 0.6 is 11.6 Å². The quantitative estimate of drug-likeness (QED) is 0.745. The van der Waals surface area contributed by atoms with E-state index in [1.807, 2.05) is 22.8 Å². The van der Waals surface area contributed by atoms with Crippen molar-refractivity contribution in [2.45, 2.75) is 12.8 Å². The van der Waals surface area contributed by atoms with E-state index in [2.05, 4.69) is 4.98 Å². The number of halogens is 1. The van der Waals surface area contributed by atoms with Crippen molar-refractivity contribution in [3.63, 3.8) is 0 Å². The number of pyridine rings is 1. The van der Waals surface area contributed by atoms with Gasteiger partial charge in [0.15, 0.2) is 10.9 Å². The fourth-order valence-electron chi connectivity index (χ4n) is 2.76. The Bertz CT molecular complexity index is 774. The molecule has 1 unspecified atom stereocenters. The van der Waals surface area contributed by atoms with Crippen molar-refractivity contribution in [3.05, 3.63) is 41.5 Å². The van der Waals surface area contributed by atoms with Crippen molar-refractivity contribution in [3.8, 4) is 5.88 Å². The van der Waals surface area contributed by atoms with Crippen LogP contribution in [0, 0.1) is 5.92 Å². The summed E-state index contributed by atoms with van der Waals surface area (Å²) in [6, 6.07) is 7.41. The summed E-state index contributed by atoms with van der Waals surface area (Å²) in [5.74, 6) is 2.08. The van der Waals surface area contributed by atoms with Crippen LogP contribution in [0.25, 0.3) is 17.0 Å². The summed E-state index contributed by atoms with van der Waals surface area (Å²) in [6.45, 7) is 1.62. The van der Waals surface area contributed by atoms with Crippen LogP contribution in [0.4, 0.5) is 0 Å². The molecule has 0 bridgehead atoms. The summed E-state index contributed by atoms with van der Waals surface area (Å²) in [6.07, 6.45) is 3.66. The lowest BCUT2D eigenvalue weighted by Gasteiger charge is -2.08. The molecule has 3 aromatic rings. The molecular formula is C15H14ClN3O2. The lowest BCUT2D eigenvalue weighted by Crippen LogP contribution is -2.09. The van der Waals surface area contributed by atoms with Crippen molar-refractivity contribution in [2.75, 3.05) is 13.2 Å². The van der Waals surface area contributed by atoms with Crippen molar-refractivity contribution in [2.24, 2.45) is 5.92 Å². The van der Waals surface area contributed by atoms with Gasteiger partial charge in [-0.2, -0.15) is 0 Å². The topological polar surface area (TPSA) is 53.1 Å². The molecule has 0 saturated carbocycles. The number of hydrogen-bond donors (Lipinski definition) is 0. The Kier molecular flexibility index (Phi) is 3.16. The van der Waals surface area contributed by atoms with Crippen molar-refractivity contribution >= 4 is 22.8 Å². The second-order valence-corrected chi connectivity index (χ2v) is 5.59. The van der Waals surface area contributed by atoms with E-state index in [0.717, 1.165) is 43.0 Å². The Hall–Kier alpha value is -1.85. The lowest BCUT2D eigenvalue weighted by molar-refractivity contribution is 0.185. The number of hydrogen-bond acceptors (Lipinski definition) is 4. The average Bonchev–Trinajstić information content (AvgIpc) is 3.18. The maximum absolute atomic E-state index is 5.91. The zero-order valence-electron chi connectivity index (χ0n) is 11.3. The fourth-order valence-corrected chi connectivity index (χ4v) is 2.90. The first-order valence-electron chi connectivity index (χ1n) is 6.97. The van der Waals surface area contributed by atoms with E-state index in [9.17, 15) is 0 Å². The Morgan fingerprint density at radius 3 is 3.05 bits per heavy atom. The molecule has 4 heterocycles. The lowest BCUT2D eigenvalue weighted by atomic mass is 10.1. The predicted octanol–water partition coefficient (Wildman–Crippen LogP) is 3.25. The van der Waals surface area contributed by atoms with Crippen LogP contribution in [0.1, 0.15) is 12.2 Å². The molecule has 0 aliphatic carbocycles. The molecule has 108 valence electrons. The maximum Gasteiger partial charge on any atom is 0.208 e. The van der Waals surface area contributed by atoms with Crippen LogP contribution in [-0.4, -0.2) is 27.7 Å². The van der Waals surface area contributed by atoms with E-state index < -0.39 is 0 Å². The number of fused-ring (bicyclic) bond motifs is 1. The Morgan fingerprint density at radius 1 is 1.33 bits per heavy atom. The molecule has 1 aliphatic heterocycles. The highest BCUT2D eigenvalue weighted by Gasteiger charge is 2.22. The van der Waals surface area contributed by atoms with Gasteiger partial charge in [-0.1, -0.05) is 0 Å². The predicted molar refractivity (Wildman–Crippen MR) is 78.8 cm³/mol. The number of nitrogens with zero attached hydrogens (tertiary/aromatic N) is 3. The van der Waals surface area contributed by atoms with Crippen molar-refractivity contribution in [1.82, 2.24) is 14.5 Å². The van der Waals surface area contributed by atoms with Crippen LogP contribution in [0.15, 0.2) is 34.9 Å². The van der Waals surface area contributed by atoms with Gasteiger partial charge in [-0.15, -0.1) is 0 Å². The third kappa shape index (κ3) is 2.32. The Balaban J connectivity index is 1.84. The first-order chi connectivity index (χ1) is 10.3. The summed E-state index contributed by atoms with van der Waals surface area (Å²) in [7, 11) is 0. The van der Waals surface area contributed by atoms with Crippen molar-refractivity contribution < 1.29 is 9.15 Å². The molecule has 6 heteroatoms. The Labute approximate surface area is 126 Å². The molecule has 0 aromatic carbocycles. The number of aromatic nitrogens is 3. The highest BCUT2D eigenvalue weighted by Crippen LogP contribution is 2.26. The zero-order valence-corrected chi connectivity index (χ0v) is 12.1. The van der Waals surface area contributed by atoms with Gasteiger partial charge in [-0.3, -0.25) is 0 Å². The second kappa shape index (κ2) is 5.16. The van der Waals surface area contributed by atoms with Crippen LogP contribution in [0.3, 0.4) is 0 Å². The van der Waals surface area contributed by atoms with E-state index in [-0.39, 0.29) is 0 Å². The Morgan fingerprint density at radius 2 is 2.29 bits per heavy atom. The number of rotatable bonds is 3. The third-order valence-electron chi connectivity index (χ3n) is 3.76.